The van der Waals surface area contributed by atoms with Crippen molar-refractivity contribution in [1.29, 1.82) is 0 Å². The number of halogens is 1. The first-order valence-corrected chi connectivity index (χ1v) is 9.29. The van der Waals surface area contributed by atoms with Crippen LogP contribution >= 0.6 is 0 Å². The van der Waals surface area contributed by atoms with Gasteiger partial charge in [0, 0.05) is 0 Å². The van der Waals surface area contributed by atoms with Crippen LogP contribution in [0.3, 0.4) is 0 Å². The molecule has 6 heteroatoms. The van der Waals surface area contributed by atoms with E-state index in [1.54, 1.807) is 36.4 Å². The normalized spacial score (nSPS) is 14.8. The average molecular weight is 383 g/mol. The van der Waals surface area contributed by atoms with Crippen molar-refractivity contribution >= 4 is 17.9 Å². The van der Waals surface area contributed by atoms with Crippen molar-refractivity contribution in [2.45, 2.75) is 26.7 Å². The van der Waals surface area contributed by atoms with Gasteiger partial charge in [-0.15, -0.1) is 0 Å². The summed E-state index contributed by atoms with van der Waals surface area (Å²) in [4.78, 5) is 16.3. The third kappa shape index (κ3) is 4.57. The fourth-order valence-corrected chi connectivity index (χ4v) is 2.65. The van der Waals surface area contributed by atoms with E-state index < -0.39 is 11.8 Å². The molecule has 1 heterocycles. The maximum Gasteiger partial charge on any atom is 0.363 e. The summed E-state index contributed by atoms with van der Waals surface area (Å²) in [5.74, 6) is 0.0838. The van der Waals surface area contributed by atoms with Crippen LogP contribution in [0.4, 0.5) is 4.39 Å². The second-order valence-electron chi connectivity index (χ2n) is 6.16. The number of carbonyl (C=O) groups is 1. The SMILES string of the molecule is CCCCOc1ccc(/C=C2\N=C(c3ccccc3F)OC2=O)cc1OCC. The Morgan fingerprint density at radius 3 is 2.68 bits per heavy atom. The molecule has 2 aromatic rings. The molecule has 5 nitrogen and oxygen atoms in total. The first kappa shape index (κ1) is 19.6. The lowest BCUT2D eigenvalue weighted by molar-refractivity contribution is -0.129. The van der Waals surface area contributed by atoms with Gasteiger partial charge in [0.15, 0.2) is 17.2 Å². The van der Waals surface area contributed by atoms with Crippen molar-refractivity contribution in [3.63, 3.8) is 0 Å². The summed E-state index contributed by atoms with van der Waals surface area (Å²) < 4.78 is 30.4. The zero-order chi connectivity index (χ0) is 19.9. The lowest BCUT2D eigenvalue weighted by Gasteiger charge is -2.12. The molecule has 0 aliphatic carbocycles. The Morgan fingerprint density at radius 2 is 1.93 bits per heavy atom. The van der Waals surface area contributed by atoms with Crippen LogP contribution in [0.15, 0.2) is 53.2 Å². The van der Waals surface area contributed by atoms with Crippen LogP contribution in [0.1, 0.15) is 37.8 Å². The quantitative estimate of drug-likeness (QED) is 0.375. The largest absolute Gasteiger partial charge is 0.490 e. The molecule has 0 saturated heterocycles. The third-order valence-electron chi connectivity index (χ3n) is 4.05. The van der Waals surface area contributed by atoms with Gasteiger partial charge in [0.2, 0.25) is 5.90 Å². The highest BCUT2D eigenvalue weighted by atomic mass is 19.1. The molecule has 146 valence electrons. The first-order valence-electron chi connectivity index (χ1n) is 9.29. The first-order chi connectivity index (χ1) is 13.6. The highest BCUT2D eigenvalue weighted by Crippen LogP contribution is 2.30. The average Bonchev–Trinajstić information content (AvgIpc) is 3.04. The molecule has 3 rings (SSSR count). The zero-order valence-corrected chi connectivity index (χ0v) is 15.9. The van der Waals surface area contributed by atoms with Crippen molar-refractivity contribution in [3.8, 4) is 11.5 Å². The van der Waals surface area contributed by atoms with Gasteiger partial charge in [0.05, 0.1) is 18.8 Å². The summed E-state index contributed by atoms with van der Waals surface area (Å²) >= 11 is 0. The maximum absolute atomic E-state index is 13.9. The number of rotatable bonds is 8. The fraction of sp³-hybridized carbons (Fsp3) is 0.273. The number of unbranched alkanes of at least 4 members (excludes halogenated alkanes) is 1. The molecule has 0 radical (unpaired) electrons. The second-order valence-corrected chi connectivity index (χ2v) is 6.16. The number of benzene rings is 2. The molecule has 0 saturated carbocycles. The van der Waals surface area contributed by atoms with Crippen molar-refractivity contribution in [3.05, 3.63) is 65.1 Å². The van der Waals surface area contributed by atoms with E-state index in [0.717, 1.165) is 12.8 Å². The standard InChI is InChI=1S/C22H22FNO4/c1-3-5-12-27-19-11-10-15(14-20(19)26-4-2)13-18-22(25)28-21(24-18)16-8-6-7-9-17(16)23/h6-11,13-14H,3-5,12H2,1-2H3/b18-13-. The highest BCUT2D eigenvalue weighted by Gasteiger charge is 2.26. The molecule has 2 aromatic carbocycles. The van der Waals surface area contributed by atoms with Gasteiger partial charge in [-0.05, 0) is 49.2 Å². The van der Waals surface area contributed by atoms with Crippen LogP contribution in [0, 0.1) is 5.82 Å². The Kier molecular flexibility index (Phi) is 6.42. The Morgan fingerprint density at radius 1 is 1.11 bits per heavy atom. The van der Waals surface area contributed by atoms with Gasteiger partial charge in [0.1, 0.15) is 5.82 Å². The van der Waals surface area contributed by atoms with Crippen LogP contribution in [0.25, 0.3) is 6.08 Å². The molecule has 0 spiro atoms. The summed E-state index contributed by atoms with van der Waals surface area (Å²) in [5, 5.41) is 0. The number of aliphatic imine (C=N–C) groups is 1. The van der Waals surface area contributed by atoms with E-state index in [9.17, 15) is 9.18 Å². The van der Waals surface area contributed by atoms with E-state index in [0.29, 0.717) is 30.3 Å². The number of ether oxygens (including phenoxy) is 3. The summed E-state index contributed by atoms with van der Waals surface area (Å²) in [6, 6.07) is 11.4. The number of nitrogens with zero attached hydrogens (tertiary/aromatic N) is 1. The molecule has 1 aliphatic rings. The molecule has 0 atom stereocenters. The van der Waals surface area contributed by atoms with Crippen LogP contribution in [0.2, 0.25) is 0 Å². The third-order valence-corrected chi connectivity index (χ3v) is 4.05. The highest BCUT2D eigenvalue weighted by molar-refractivity contribution is 6.12. The molecule has 1 aliphatic heterocycles. The van der Waals surface area contributed by atoms with Crippen molar-refractivity contribution in [2.75, 3.05) is 13.2 Å². The smallest absolute Gasteiger partial charge is 0.363 e. The number of hydrogen-bond acceptors (Lipinski definition) is 5. The molecule has 0 amide bonds. The van der Waals surface area contributed by atoms with Crippen molar-refractivity contribution in [1.82, 2.24) is 0 Å². The Bertz CT molecular complexity index is 921. The van der Waals surface area contributed by atoms with Crippen LogP contribution in [-0.4, -0.2) is 25.1 Å². The lowest BCUT2D eigenvalue weighted by Crippen LogP contribution is -2.07. The van der Waals surface area contributed by atoms with Gasteiger partial charge < -0.3 is 14.2 Å². The number of carbonyl (C=O) groups excluding carboxylic acids is 1. The van der Waals surface area contributed by atoms with Crippen LogP contribution < -0.4 is 9.47 Å². The molecule has 0 fully saturated rings. The van der Waals surface area contributed by atoms with E-state index in [-0.39, 0.29) is 17.2 Å². The van der Waals surface area contributed by atoms with E-state index >= 15 is 0 Å². The lowest BCUT2D eigenvalue weighted by atomic mass is 10.1. The number of esters is 1. The Hall–Kier alpha value is -3.15. The minimum absolute atomic E-state index is 0.0427. The topological polar surface area (TPSA) is 57.1 Å². The molecule has 28 heavy (non-hydrogen) atoms. The predicted octanol–water partition coefficient (Wildman–Crippen LogP) is 4.75. The van der Waals surface area contributed by atoms with Crippen molar-refractivity contribution in [2.24, 2.45) is 4.99 Å². The van der Waals surface area contributed by atoms with E-state index in [1.165, 1.54) is 12.1 Å². The van der Waals surface area contributed by atoms with Gasteiger partial charge in [-0.25, -0.2) is 14.2 Å². The Labute approximate surface area is 163 Å². The molecule has 0 N–H and O–H groups in total. The van der Waals surface area contributed by atoms with Crippen LogP contribution in [0.5, 0.6) is 11.5 Å². The maximum atomic E-state index is 13.9. The van der Waals surface area contributed by atoms with E-state index in [4.69, 9.17) is 14.2 Å². The van der Waals surface area contributed by atoms with Gasteiger partial charge >= 0.3 is 5.97 Å². The Balaban J connectivity index is 1.86. The van der Waals surface area contributed by atoms with E-state index in [2.05, 4.69) is 11.9 Å². The van der Waals surface area contributed by atoms with Gasteiger partial charge in [-0.2, -0.15) is 0 Å². The molecular formula is C22H22FNO4. The van der Waals surface area contributed by atoms with Gasteiger partial charge in [-0.3, -0.25) is 0 Å². The monoisotopic (exact) mass is 383 g/mol. The van der Waals surface area contributed by atoms with Gasteiger partial charge in [-0.1, -0.05) is 31.5 Å². The summed E-state index contributed by atoms with van der Waals surface area (Å²) in [5.41, 5.74) is 0.950. The van der Waals surface area contributed by atoms with E-state index in [1.807, 2.05) is 6.92 Å². The summed E-state index contributed by atoms with van der Waals surface area (Å²) in [6.45, 7) is 5.08. The molecule has 0 aromatic heterocycles. The minimum Gasteiger partial charge on any atom is -0.490 e. The summed E-state index contributed by atoms with van der Waals surface area (Å²) in [6.07, 6.45) is 3.57. The molecular weight excluding hydrogens is 361 g/mol. The predicted molar refractivity (Wildman–Crippen MR) is 105 cm³/mol. The summed E-state index contributed by atoms with van der Waals surface area (Å²) in [7, 11) is 0. The minimum atomic E-state index is -0.625. The van der Waals surface area contributed by atoms with Crippen molar-refractivity contribution < 1.29 is 23.4 Å². The fourth-order valence-electron chi connectivity index (χ4n) is 2.65. The second kappa shape index (κ2) is 9.17. The molecule has 0 unspecified atom stereocenters. The van der Waals surface area contributed by atoms with Gasteiger partial charge in [0.25, 0.3) is 0 Å². The number of cyclic esters (lactones) is 1. The number of hydrogen-bond donors (Lipinski definition) is 0. The zero-order valence-electron chi connectivity index (χ0n) is 15.9. The van der Waals surface area contributed by atoms with Crippen LogP contribution in [-0.2, 0) is 9.53 Å². The molecule has 0 bridgehead atoms.